The average Bonchev–Trinajstić information content (AvgIpc) is 2.42. The van der Waals surface area contributed by atoms with E-state index in [9.17, 15) is 19.3 Å². The van der Waals surface area contributed by atoms with Crippen LogP contribution in [0.15, 0.2) is 34.9 Å². The fraction of sp³-hybridized carbons (Fsp3) is 0. The van der Waals surface area contributed by atoms with Gasteiger partial charge in [0.1, 0.15) is 11.8 Å². The van der Waals surface area contributed by atoms with Crippen molar-refractivity contribution in [1.82, 2.24) is 4.98 Å². The Morgan fingerprint density at radius 2 is 2.14 bits per heavy atom. The fourth-order valence-corrected chi connectivity index (χ4v) is 1.81. The number of benzene rings is 1. The van der Waals surface area contributed by atoms with Gasteiger partial charge in [0.25, 0.3) is 0 Å². The van der Waals surface area contributed by atoms with Gasteiger partial charge in [-0.1, -0.05) is 15.9 Å². The molecule has 1 heterocycles. The molecule has 0 atom stereocenters. The third-order valence-corrected chi connectivity index (χ3v) is 2.89. The number of pyridine rings is 1. The van der Waals surface area contributed by atoms with E-state index in [-0.39, 0.29) is 11.6 Å². The highest BCUT2D eigenvalue weighted by Gasteiger charge is 2.22. The van der Waals surface area contributed by atoms with Crippen molar-refractivity contribution in [2.45, 2.75) is 0 Å². The van der Waals surface area contributed by atoms with Crippen molar-refractivity contribution in [3.05, 3.63) is 56.4 Å². The van der Waals surface area contributed by atoms with Gasteiger partial charge >= 0.3 is 11.7 Å². The van der Waals surface area contributed by atoms with Crippen molar-refractivity contribution in [3.8, 4) is 11.6 Å². The molecule has 1 aromatic heterocycles. The van der Waals surface area contributed by atoms with Gasteiger partial charge in [0.15, 0.2) is 11.6 Å². The zero-order valence-electron chi connectivity index (χ0n) is 10.1. The maximum Gasteiger partial charge on any atom is 0.342 e. The SMILES string of the molecule is O=C(O)c1cc(Oc2cc(Br)ccc2F)ncc1[N+](=O)[O-]. The van der Waals surface area contributed by atoms with Crippen LogP contribution in [0, 0.1) is 15.9 Å². The molecular weight excluding hydrogens is 351 g/mol. The number of aromatic nitrogens is 1. The molecule has 1 N–H and O–H groups in total. The maximum atomic E-state index is 13.5. The van der Waals surface area contributed by atoms with Crippen LogP contribution in [0.1, 0.15) is 10.4 Å². The molecule has 0 unspecified atom stereocenters. The van der Waals surface area contributed by atoms with Gasteiger partial charge in [-0.05, 0) is 18.2 Å². The Morgan fingerprint density at radius 3 is 2.76 bits per heavy atom. The molecule has 0 bridgehead atoms. The van der Waals surface area contributed by atoms with E-state index in [1.165, 1.54) is 12.1 Å². The van der Waals surface area contributed by atoms with E-state index in [1.807, 2.05) is 0 Å². The number of nitro groups is 1. The van der Waals surface area contributed by atoms with E-state index >= 15 is 0 Å². The van der Waals surface area contributed by atoms with Crippen LogP contribution in [-0.4, -0.2) is 21.0 Å². The Bertz CT molecular complexity index is 738. The second kappa shape index (κ2) is 5.83. The minimum absolute atomic E-state index is 0.193. The fourth-order valence-electron chi connectivity index (χ4n) is 1.47. The van der Waals surface area contributed by atoms with Crippen molar-refractivity contribution in [1.29, 1.82) is 0 Å². The summed E-state index contributed by atoms with van der Waals surface area (Å²) in [7, 11) is 0. The van der Waals surface area contributed by atoms with Gasteiger partial charge in [0.2, 0.25) is 5.88 Å². The normalized spacial score (nSPS) is 10.2. The van der Waals surface area contributed by atoms with Crippen molar-refractivity contribution < 1.29 is 24.0 Å². The quantitative estimate of drug-likeness (QED) is 0.665. The Labute approximate surface area is 125 Å². The van der Waals surface area contributed by atoms with Crippen molar-refractivity contribution in [3.63, 3.8) is 0 Å². The smallest absolute Gasteiger partial charge is 0.342 e. The summed E-state index contributed by atoms with van der Waals surface area (Å²) in [5, 5.41) is 19.6. The second-order valence-corrected chi connectivity index (χ2v) is 4.69. The van der Waals surface area contributed by atoms with Crippen LogP contribution in [0.3, 0.4) is 0 Å². The monoisotopic (exact) mass is 356 g/mol. The van der Waals surface area contributed by atoms with E-state index in [2.05, 4.69) is 20.9 Å². The molecule has 0 spiro atoms. The van der Waals surface area contributed by atoms with Crippen LogP contribution >= 0.6 is 15.9 Å². The molecule has 0 saturated heterocycles. The van der Waals surface area contributed by atoms with Gasteiger partial charge in [-0.25, -0.2) is 14.2 Å². The number of hydrogen-bond acceptors (Lipinski definition) is 5. The molecule has 21 heavy (non-hydrogen) atoms. The highest BCUT2D eigenvalue weighted by Crippen LogP contribution is 2.29. The first-order valence-corrected chi connectivity index (χ1v) is 6.18. The lowest BCUT2D eigenvalue weighted by molar-refractivity contribution is -0.385. The number of hydrogen-bond donors (Lipinski definition) is 1. The van der Waals surface area contributed by atoms with E-state index in [1.54, 1.807) is 0 Å². The highest BCUT2D eigenvalue weighted by molar-refractivity contribution is 9.10. The molecule has 1 aromatic carbocycles. The Balaban J connectivity index is 2.41. The molecule has 9 heteroatoms. The molecule has 2 aromatic rings. The Kier molecular flexibility index (Phi) is 4.13. The van der Waals surface area contributed by atoms with Crippen LogP contribution < -0.4 is 4.74 Å². The van der Waals surface area contributed by atoms with Crippen LogP contribution in [-0.2, 0) is 0 Å². The number of carboxylic acid groups (broad SMARTS) is 1. The summed E-state index contributed by atoms with van der Waals surface area (Å²) in [6.07, 6.45) is 0.745. The number of nitrogens with zero attached hydrogens (tertiary/aromatic N) is 2. The summed E-state index contributed by atoms with van der Waals surface area (Å²) in [5.41, 5.74) is -1.27. The number of rotatable bonds is 4. The van der Waals surface area contributed by atoms with E-state index in [4.69, 9.17) is 9.84 Å². The van der Waals surface area contributed by atoms with Crippen LogP contribution in [0.2, 0.25) is 0 Å². The van der Waals surface area contributed by atoms with E-state index in [0.29, 0.717) is 4.47 Å². The first-order chi connectivity index (χ1) is 9.88. The largest absolute Gasteiger partial charge is 0.477 e. The summed E-state index contributed by atoms with van der Waals surface area (Å²) >= 11 is 3.13. The molecule has 0 fully saturated rings. The van der Waals surface area contributed by atoms with Crippen molar-refractivity contribution in [2.75, 3.05) is 0 Å². The third-order valence-electron chi connectivity index (χ3n) is 2.39. The van der Waals surface area contributed by atoms with Gasteiger partial charge in [-0.2, -0.15) is 0 Å². The lowest BCUT2D eigenvalue weighted by atomic mass is 10.2. The minimum atomic E-state index is -1.51. The molecule has 0 aliphatic heterocycles. The van der Waals surface area contributed by atoms with Crippen LogP contribution in [0.4, 0.5) is 10.1 Å². The van der Waals surface area contributed by atoms with E-state index in [0.717, 1.165) is 18.3 Å². The number of carboxylic acids is 1. The summed E-state index contributed by atoms with van der Waals surface area (Å²) in [6.45, 7) is 0. The Morgan fingerprint density at radius 1 is 1.43 bits per heavy atom. The van der Waals surface area contributed by atoms with Gasteiger partial charge < -0.3 is 9.84 Å². The minimum Gasteiger partial charge on any atom is -0.477 e. The Hall–Kier alpha value is -2.55. The number of halogens is 2. The third kappa shape index (κ3) is 3.31. The van der Waals surface area contributed by atoms with Crippen molar-refractivity contribution in [2.24, 2.45) is 0 Å². The molecule has 0 saturated carbocycles. The molecule has 0 aliphatic rings. The van der Waals surface area contributed by atoms with Crippen LogP contribution in [0.5, 0.6) is 11.6 Å². The molecular formula is C12H6BrFN2O5. The lowest BCUT2D eigenvalue weighted by Crippen LogP contribution is -2.04. The van der Waals surface area contributed by atoms with Crippen molar-refractivity contribution >= 4 is 27.6 Å². The zero-order chi connectivity index (χ0) is 15.6. The topological polar surface area (TPSA) is 103 Å². The summed E-state index contributed by atoms with van der Waals surface area (Å²) in [6, 6.07) is 4.77. The highest BCUT2D eigenvalue weighted by atomic mass is 79.9. The predicted octanol–water partition coefficient (Wildman–Crippen LogP) is 3.38. The molecule has 108 valence electrons. The molecule has 0 aliphatic carbocycles. The summed E-state index contributed by atoms with van der Waals surface area (Å²) < 4.78 is 19.2. The lowest BCUT2D eigenvalue weighted by Gasteiger charge is -2.07. The van der Waals surface area contributed by atoms with Gasteiger partial charge in [0, 0.05) is 10.5 Å². The number of aromatic carboxylic acids is 1. The number of carbonyl (C=O) groups is 1. The number of ether oxygens (including phenoxy) is 1. The molecule has 0 amide bonds. The van der Waals surface area contributed by atoms with Crippen LogP contribution in [0.25, 0.3) is 0 Å². The first-order valence-electron chi connectivity index (χ1n) is 5.39. The summed E-state index contributed by atoms with van der Waals surface area (Å²) in [4.78, 5) is 24.4. The molecule has 0 radical (unpaired) electrons. The zero-order valence-corrected chi connectivity index (χ0v) is 11.7. The molecule has 2 rings (SSSR count). The standard InChI is InChI=1S/C12H6BrFN2O5/c13-6-1-2-8(14)10(3-6)21-11-4-7(12(17)18)9(5-15-11)16(19)20/h1-5H,(H,17,18). The van der Waals surface area contributed by atoms with Gasteiger partial charge in [-0.15, -0.1) is 0 Å². The summed E-state index contributed by atoms with van der Waals surface area (Å²) in [5.74, 6) is -2.66. The van der Waals surface area contributed by atoms with Gasteiger partial charge in [0.05, 0.1) is 4.92 Å². The first kappa shape index (κ1) is 14.9. The molecule has 7 nitrogen and oxygen atoms in total. The average molecular weight is 357 g/mol. The second-order valence-electron chi connectivity index (χ2n) is 3.78. The predicted molar refractivity (Wildman–Crippen MR) is 72.0 cm³/mol. The van der Waals surface area contributed by atoms with Gasteiger partial charge in [-0.3, -0.25) is 10.1 Å². The maximum absolute atomic E-state index is 13.5. The van der Waals surface area contributed by atoms with E-state index < -0.39 is 28.0 Å².